The fourth-order valence-corrected chi connectivity index (χ4v) is 8.86. The minimum atomic E-state index is -0.971. The highest BCUT2D eigenvalue weighted by Crippen LogP contribution is 2.43. The number of phenolic OH excluding ortho intramolecular Hbond substituents is 1. The van der Waals surface area contributed by atoms with Gasteiger partial charge in [0.1, 0.15) is 24.0 Å². The number of hydrogen-bond donors (Lipinski definition) is 6. The molecule has 3 atom stereocenters. The van der Waals surface area contributed by atoms with Gasteiger partial charge >= 0.3 is 0 Å². The Bertz CT molecular complexity index is 1900. The Balaban J connectivity index is 0.923. The first-order valence-electron chi connectivity index (χ1n) is 18.5. The first-order chi connectivity index (χ1) is 24.6. The number of quaternary nitrogens is 1. The van der Waals surface area contributed by atoms with Crippen molar-refractivity contribution in [1.29, 1.82) is 0 Å². The van der Waals surface area contributed by atoms with E-state index in [0.29, 0.717) is 35.4 Å². The molecule has 0 radical (unpaired) electrons. The monoisotopic (exact) mass is 695 g/mol. The number of hydrogen-bond acceptors (Lipinski definition) is 7. The van der Waals surface area contributed by atoms with Crippen LogP contribution in [-0.4, -0.2) is 76.1 Å². The summed E-state index contributed by atoms with van der Waals surface area (Å²) >= 11 is 0. The summed E-state index contributed by atoms with van der Waals surface area (Å²) in [6.07, 6.45) is 6.17. The average Bonchev–Trinajstić information content (AvgIpc) is 3.71. The summed E-state index contributed by atoms with van der Waals surface area (Å²) in [5.41, 5.74) is 3.00. The molecule has 10 heteroatoms. The van der Waals surface area contributed by atoms with E-state index in [-0.39, 0.29) is 35.8 Å². The van der Waals surface area contributed by atoms with E-state index in [9.17, 15) is 24.9 Å². The fraction of sp³-hybridized carbons (Fsp3) is 0.463. The number of nitrogens with one attached hydrogen (secondary N) is 3. The Labute approximate surface area is 299 Å². The number of fused-ring (bicyclic) bond motifs is 4. The lowest BCUT2D eigenvalue weighted by Gasteiger charge is -2.52. The van der Waals surface area contributed by atoms with Crippen LogP contribution in [0.15, 0.2) is 77.6 Å². The number of carbonyl (C=O) groups is 1. The topological polar surface area (TPSA) is 144 Å². The SMILES string of the molecule is Cc1cc(NC[C@H](O)c2ccc(O)c3[nH]c(=O)ccc23)ccc1NC(=O)CC[N+]12CCC(CC1)[C@@H](OCC(O)(c1ccccc1)C1CCCC1)C2. The highest BCUT2D eigenvalue weighted by molar-refractivity contribution is 5.92. The zero-order valence-corrected chi connectivity index (χ0v) is 29.4. The molecule has 2 bridgehead atoms. The molecular formula is C41H51N4O6+. The van der Waals surface area contributed by atoms with Crippen molar-refractivity contribution in [1.82, 2.24) is 4.98 Å². The van der Waals surface area contributed by atoms with Gasteiger partial charge in [-0.25, -0.2) is 0 Å². The first kappa shape index (κ1) is 35.2. The number of aryl methyl sites for hydroxylation is 1. The van der Waals surface area contributed by atoms with Crippen molar-refractivity contribution >= 4 is 28.2 Å². The molecule has 4 heterocycles. The number of H-pyrrole nitrogens is 1. The van der Waals surface area contributed by atoms with Gasteiger partial charge < -0.3 is 40.2 Å². The van der Waals surface area contributed by atoms with Crippen molar-refractivity contribution in [2.45, 2.75) is 69.7 Å². The third-order valence-corrected chi connectivity index (χ3v) is 11.9. The quantitative estimate of drug-likeness (QED) is 0.0983. The summed E-state index contributed by atoms with van der Waals surface area (Å²) in [6, 6.07) is 21.9. The molecule has 270 valence electrons. The number of aromatic hydroxyl groups is 1. The van der Waals surface area contributed by atoms with Crippen molar-refractivity contribution < 1.29 is 29.3 Å². The molecule has 10 nitrogen and oxygen atoms in total. The van der Waals surface area contributed by atoms with Gasteiger partial charge in [0.05, 0.1) is 44.3 Å². The predicted molar refractivity (Wildman–Crippen MR) is 199 cm³/mol. The van der Waals surface area contributed by atoms with Gasteiger partial charge in [0.25, 0.3) is 0 Å². The van der Waals surface area contributed by atoms with E-state index in [1.54, 1.807) is 12.1 Å². The number of piperidine rings is 3. The van der Waals surface area contributed by atoms with Gasteiger partial charge in [-0.3, -0.25) is 9.59 Å². The van der Waals surface area contributed by atoms with Gasteiger partial charge in [-0.15, -0.1) is 0 Å². The van der Waals surface area contributed by atoms with E-state index in [0.717, 1.165) is 91.7 Å². The maximum atomic E-state index is 13.3. The number of rotatable bonds is 13. The number of aromatic amines is 1. The molecule has 0 spiro atoms. The molecule has 3 saturated heterocycles. The van der Waals surface area contributed by atoms with Crippen LogP contribution < -0.4 is 16.2 Å². The number of amides is 1. The van der Waals surface area contributed by atoms with Crippen molar-refractivity contribution in [3.05, 3.63) is 99.8 Å². The Hall–Kier alpha value is -4.22. The molecule has 1 aromatic heterocycles. The number of phenols is 1. The van der Waals surface area contributed by atoms with E-state index in [1.807, 2.05) is 55.5 Å². The number of aliphatic hydroxyl groups is 2. The molecule has 51 heavy (non-hydrogen) atoms. The standard InChI is InChI=1S/C41H50N4O6/c1-27-23-31(42-24-36(47)32-12-15-35(46)40-33(32)13-16-38(48)44-40)11-14-34(27)43-39(49)19-22-45-20-17-28(18-21-45)37(25-45)51-26-41(50,30-9-5-6-10-30)29-7-3-2-4-8-29/h2-4,7-8,11-16,23,28,30,36-37,42,47,50H,5-6,9-10,17-22,24-26H2,1H3,(H2-,43,44,46,48,49)/p+1/t28?,36-,37-,41?,45?/m0/s1. The van der Waals surface area contributed by atoms with Gasteiger partial charge in [-0.2, -0.15) is 0 Å². The van der Waals surface area contributed by atoms with Gasteiger partial charge in [0.15, 0.2) is 0 Å². The number of aliphatic hydroxyl groups excluding tert-OH is 1. The second-order valence-corrected chi connectivity index (χ2v) is 15.2. The van der Waals surface area contributed by atoms with E-state index in [2.05, 4.69) is 15.6 Å². The Kier molecular flexibility index (Phi) is 10.2. The van der Waals surface area contributed by atoms with E-state index < -0.39 is 11.7 Å². The van der Waals surface area contributed by atoms with Crippen LogP contribution in [0.4, 0.5) is 11.4 Å². The van der Waals surface area contributed by atoms with E-state index in [1.165, 1.54) is 12.1 Å². The summed E-state index contributed by atoms with van der Waals surface area (Å²) in [5, 5.41) is 40.1. The second kappa shape index (κ2) is 14.8. The molecular weight excluding hydrogens is 644 g/mol. The van der Waals surface area contributed by atoms with Crippen molar-refractivity contribution in [2.24, 2.45) is 11.8 Å². The minimum Gasteiger partial charge on any atom is -0.506 e. The maximum absolute atomic E-state index is 13.3. The fourth-order valence-electron chi connectivity index (χ4n) is 8.86. The normalized spacial score (nSPS) is 23.6. The third-order valence-electron chi connectivity index (χ3n) is 11.9. The number of nitrogens with zero attached hydrogens (tertiary/aromatic N) is 1. The number of carbonyl (C=O) groups excluding carboxylic acids is 1. The molecule has 8 rings (SSSR count). The summed E-state index contributed by atoms with van der Waals surface area (Å²) in [6.45, 7) is 6.25. The highest BCUT2D eigenvalue weighted by atomic mass is 16.5. The van der Waals surface area contributed by atoms with Gasteiger partial charge in [0, 0.05) is 48.1 Å². The zero-order valence-electron chi connectivity index (χ0n) is 29.4. The van der Waals surface area contributed by atoms with Crippen LogP contribution in [0, 0.1) is 18.8 Å². The van der Waals surface area contributed by atoms with Crippen molar-refractivity contribution in [2.75, 3.05) is 50.0 Å². The summed E-state index contributed by atoms with van der Waals surface area (Å²) in [7, 11) is 0. The molecule has 1 saturated carbocycles. The molecule has 1 aliphatic carbocycles. The van der Waals surface area contributed by atoms with Crippen LogP contribution in [0.25, 0.3) is 10.9 Å². The van der Waals surface area contributed by atoms with Crippen LogP contribution in [0.5, 0.6) is 5.75 Å². The third kappa shape index (κ3) is 7.55. The van der Waals surface area contributed by atoms with Gasteiger partial charge in [-0.05, 0) is 72.7 Å². The molecule has 6 N–H and O–H groups in total. The first-order valence-corrected chi connectivity index (χ1v) is 18.5. The molecule has 4 fully saturated rings. The van der Waals surface area contributed by atoms with E-state index >= 15 is 0 Å². The Morgan fingerprint density at radius 2 is 1.78 bits per heavy atom. The van der Waals surface area contributed by atoms with Crippen LogP contribution in [0.2, 0.25) is 0 Å². The second-order valence-electron chi connectivity index (χ2n) is 15.2. The smallest absolute Gasteiger partial charge is 0.248 e. The molecule has 3 aliphatic heterocycles. The Morgan fingerprint density at radius 3 is 2.53 bits per heavy atom. The van der Waals surface area contributed by atoms with Gasteiger partial charge in [0.2, 0.25) is 11.5 Å². The van der Waals surface area contributed by atoms with E-state index in [4.69, 9.17) is 4.74 Å². The Morgan fingerprint density at radius 1 is 1.02 bits per heavy atom. The van der Waals surface area contributed by atoms with Crippen LogP contribution >= 0.6 is 0 Å². The number of pyridine rings is 1. The molecule has 4 aromatic rings. The van der Waals surface area contributed by atoms with Crippen LogP contribution in [-0.2, 0) is 15.1 Å². The number of aromatic nitrogens is 1. The minimum absolute atomic E-state index is 0.0103. The molecule has 3 aromatic carbocycles. The van der Waals surface area contributed by atoms with Crippen LogP contribution in [0.3, 0.4) is 0 Å². The average molecular weight is 696 g/mol. The van der Waals surface area contributed by atoms with Crippen molar-refractivity contribution in [3.8, 4) is 5.75 Å². The maximum Gasteiger partial charge on any atom is 0.248 e. The van der Waals surface area contributed by atoms with Crippen molar-refractivity contribution in [3.63, 3.8) is 0 Å². The summed E-state index contributed by atoms with van der Waals surface area (Å²) in [4.78, 5) is 27.6. The largest absolute Gasteiger partial charge is 0.506 e. The predicted octanol–water partition coefficient (Wildman–Crippen LogP) is 5.72. The zero-order chi connectivity index (χ0) is 35.6. The van der Waals surface area contributed by atoms with Crippen LogP contribution in [0.1, 0.15) is 67.7 Å². The molecule has 1 unspecified atom stereocenters. The lowest BCUT2D eigenvalue weighted by molar-refractivity contribution is -0.946. The number of benzene rings is 3. The number of ether oxygens (including phenoxy) is 1. The lowest BCUT2D eigenvalue weighted by Crippen LogP contribution is -2.65. The highest BCUT2D eigenvalue weighted by Gasteiger charge is 2.48. The molecule has 4 aliphatic rings. The summed E-state index contributed by atoms with van der Waals surface area (Å²) in [5.74, 6) is 0.659. The number of anilines is 2. The molecule has 1 amide bonds. The van der Waals surface area contributed by atoms with Gasteiger partial charge in [-0.1, -0.05) is 49.2 Å². The summed E-state index contributed by atoms with van der Waals surface area (Å²) < 4.78 is 7.57. The lowest BCUT2D eigenvalue weighted by atomic mass is 9.80.